The Labute approximate surface area is 87.2 Å². The molecule has 1 unspecified atom stereocenters. The third-order valence-corrected chi connectivity index (χ3v) is 1.65. The zero-order valence-electron chi connectivity index (χ0n) is 8.66. The van der Waals surface area contributed by atoms with Crippen LogP contribution in [-0.2, 0) is 9.59 Å². The molecule has 15 heavy (non-hydrogen) atoms. The largest absolute Gasteiger partial charge is 0.481 e. The fourth-order valence-electron chi connectivity index (χ4n) is 0.771. The van der Waals surface area contributed by atoms with E-state index in [0.717, 1.165) is 0 Å². The van der Waals surface area contributed by atoms with Crippen LogP contribution in [0.15, 0.2) is 0 Å². The summed E-state index contributed by atoms with van der Waals surface area (Å²) < 4.78 is 0. The zero-order chi connectivity index (χ0) is 11.8. The van der Waals surface area contributed by atoms with Gasteiger partial charge in [-0.3, -0.25) is 14.9 Å². The SMILES string of the molecule is CNC(=O)NC(=O)C(C)NCCC(=O)O. The number of carbonyl (C=O) groups is 3. The van der Waals surface area contributed by atoms with Gasteiger partial charge in [-0.05, 0) is 6.92 Å². The van der Waals surface area contributed by atoms with Crippen molar-refractivity contribution in [3.63, 3.8) is 0 Å². The Morgan fingerprint density at radius 1 is 1.33 bits per heavy atom. The molecule has 0 aliphatic heterocycles. The van der Waals surface area contributed by atoms with E-state index in [0.29, 0.717) is 0 Å². The number of urea groups is 1. The van der Waals surface area contributed by atoms with Gasteiger partial charge in [-0.2, -0.15) is 0 Å². The molecule has 3 amide bonds. The van der Waals surface area contributed by atoms with E-state index >= 15 is 0 Å². The highest BCUT2D eigenvalue weighted by Crippen LogP contribution is 1.84. The molecule has 0 rings (SSSR count). The van der Waals surface area contributed by atoms with Crippen molar-refractivity contribution in [2.75, 3.05) is 13.6 Å². The van der Waals surface area contributed by atoms with Crippen molar-refractivity contribution in [1.29, 1.82) is 0 Å². The van der Waals surface area contributed by atoms with E-state index in [-0.39, 0.29) is 13.0 Å². The van der Waals surface area contributed by atoms with Gasteiger partial charge in [-0.15, -0.1) is 0 Å². The van der Waals surface area contributed by atoms with Gasteiger partial charge in [0.15, 0.2) is 0 Å². The van der Waals surface area contributed by atoms with Crippen LogP contribution in [0.5, 0.6) is 0 Å². The van der Waals surface area contributed by atoms with Crippen LogP contribution in [0.3, 0.4) is 0 Å². The number of carboxylic acids is 1. The van der Waals surface area contributed by atoms with E-state index in [1.807, 2.05) is 0 Å². The number of carboxylic acid groups (broad SMARTS) is 1. The molecule has 1 atom stereocenters. The van der Waals surface area contributed by atoms with Crippen LogP contribution in [-0.4, -0.2) is 42.6 Å². The predicted octanol–water partition coefficient (Wildman–Crippen LogP) is -1.11. The summed E-state index contributed by atoms with van der Waals surface area (Å²) in [5.41, 5.74) is 0. The van der Waals surface area contributed by atoms with Crippen molar-refractivity contribution in [3.8, 4) is 0 Å². The molecule has 0 saturated carbocycles. The summed E-state index contributed by atoms with van der Waals surface area (Å²) in [4.78, 5) is 32.1. The van der Waals surface area contributed by atoms with Crippen molar-refractivity contribution in [2.24, 2.45) is 0 Å². The lowest BCUT2D eigenvalue weighted by Crippen LogP contribution is -2.47. The first kappa shape index (κ1) is 13.4. The van der Waals surface area contributed by atoms with Crippen LogP contribution in [0, 0.1) is 0 Å². The average molecular weight is 217 g/mol. The van der Waals surface area contributed by atoms with Gasteiger partial charge >= 0.3 is 12.0 Å². The summed E-state index contributed by atoms with van der Waals surface area (Å²) in [6.45, 7) is 1.72. The summed E-state index contributed by atoms with van der Waals surface area (Å²) in [5, 5.41) is 15.3. The summed E-state index contributed by atoms with van der Waals surface area (Å²) in [6.07, 6.45) is -0.0718. The maximum Gasteiger partial charge on any atom is 0.321 e. The number of rotatable bonds is 5. The molecule has 0 bridgehead atoms. The predicted molar refractivity (Wildman–Crippen MR) is 52.3 cm³/mol. The monoisotopic (exact) mass is 217 g/mol. The highest BCUT2D eigenvalue weighted by molar-refractivity contribution is 5.96. The van der Waals surface area contributed by atoms with Crippen molar-refractivity contribution in [1.82, 2.24) is 16.0 Å². The van der Waals surface area contributed by atoms with Crippen molar-refractivity contribution in [2.45, 2.75) is 19.4 Å². The van der Waals surface area contributed by atoms with Gasteiger partial charge in [0, 0.05) is 13.6 Å². The first-order chi connectivity index (χ1) is 6.97. The molecule has 0 aliphatic rings. The van der Waals surface area contributed by atoms with Crippen LogP contribution in [0.2, 0.25) is 0 Å². The van der Waals surface area contributed by atoms with Crippen molar-refractivity contribution < 1.29 is 19.5 Å². The fraction of sp³-hybridized carbons (Fsp3) is 0.625. The third-order valence-electron chi connectivity index (χ3n) is 1.65. The van der Waals surface area contributed by atoms with Gasteiger partial charge in [0.25, 0.3) is 0 Å². The summed E-state index contributed by atoms with van der Waals surface area (Å²) in [5.74, 6) is -1.44. The number of hydrogen-bond donors (Lipinski definition) is 4. The standard InChI is InChI=1S/C8H15N3O4/c1-5(10-4-3-6(12)13)7(14)11-8(15)9-2/h5,10H,3-4H2,1-2H3,(H,12,13)(H2,9,11,14,15). The van der Waals surface area contributed by atoms with E-state index < -0.39 is 23.9 Å². The molecule has 0 aromatic rings. The van der Waals surface area contributed by atoms with Gasteiger partial charge in [0.1, 0.15) is 0 Å². The Hall–Kier alpha value is -1.63. The van der Waals surface area contributed by atoms with Gasteiger partial charge in [-0.1, -0.05) is 0 Å². The van der Waals surface area contributed by atoms with Crippen LogP contribution in [0.4, 0.5) is 4.79 Å². The maximum atomic E-state index is 11.2. The van der Waals surface area contributed by atoms with E-state index in [2.05, 4.69) is 16.0 Å². The minimum atomic E-state index is -0.943. The Balaban J connectivity index is 3.79. The Morgan fingerprint density at radius 3 is 2.40 bits per heavy atom. The number of carbonyl (C=O) groups excluding carboxylic acids is 2. The summed E-state index contributed by atoms with van der Waals surface area (Å²) >= 11 is 0. The smallest absolute Gasteiger partial charge is 0.321 e. The molecule has 0 heterocycles. The second kappa shape index (κ2) is 6.77. The van der Waals surface area contributed by atoms with Crippen molar-refractivity contribution in [3.05, 3.63) is 0 Å². The number of nitrogens with one attached hydrogen (secondary N) is 3. The third kappa shape index (κ3) is 6.44. The van der Waals surface area contributed by atoms with E-state index in [1.54, 1.807) is 6.92 Å². The molecule has 7 heteroatoms. The van der Waals surface area contributed by atoms with E-state index in [9.17, 15) is 14.4 Å². The summed E-state index contributed by atoms with van der Waals surface area (Å²) in [6, 6.07) is -1.20. The van der Waals surface area contributed by atoms with Crippen LogP contribution >= 0.6 is 0 Å². The molecule has 0 aromatic heterocycles. The van der Waals surface area contributed by atoms with Gasteiger partial charge in [0.05, 0.1) is 12.5 Å². The molecule has 7 nitrogen and oxygen atoms in total. The minimum absolute atomic E-state index is 0.0718. The molecule has 0 radical (unpaired) electrons. The van der Waals surface area contributed by atoms with Crippen LogP contribution in [0.1, 0.15) is 13.3 Å². The molecule has 0 aliphatic carbocycles. The average Bonchev–Trinajstić information content (AvgIpc) is 2.16. The highest BCUT2D eigenvalue weighted by Gasteiger charge is 2.14. The molecule has 0 fully saturated rings. The molecule has 0 aromatic carbocycles. The van der Waals surface area contributed by atoms with Crippen molar-refractivity contribution >= 4 is 17.9 Å². The zero-order valence-corrected chi connectivity index (χ0v) is 8.66. The Morgan fingerprint density at radius 2 is 1.93 bits per heavy atom. The quantitative estimate of drug-likeness (QED) is 0.467. The topological polar surface area (TPSA) is 108 Å². The van der Waals surface area contributed by atoms with Gasteiger partial charge in [0.2, 0.25) is 5.91 Å². The van der Waals surface area contributed by atoms with E-state index in [4.69, 9.17) is 5.11 Å². The lowest BCUT2D eigenvalue weighted by atomic mass is 10.3. The van der Waals surface area contributed by atoms with Gasteiger partial charge < -0.3 is 15.7 Å². The fourth-order valence-corrected chi connectivity index (χ4v) is 0.771. The van der Waals surface area contributed by atoms with E-state index in [1.165, 1.54) is 7.05 Å². The Kier molecular flexibility index (Phi) is 6.03. The first-order valence-corrected chi connectivity index (χ1v) is 4.45. The van der Waals surface area contributed by atoms with Gasteiger partial charge in [-0.25, -0.2) is 4.79 Å². The minimum Gasteiger partial charge on any atom is -0.481 e. The second-order valence-electron chi connectivity index (χ2n) is 2.89. The van der Waals surface area contributed by atoms with Crippen LogP contribution < -0.4 is 16.0 Å². The number of aliphatic carboxylic acids is 1. The lowest BCUT2D eigenvalue weighted by molar-refractivity contribution is -0.137. The molecule has 86 valence electrons. The maximum absolute atomic E-state index is 11.2. The molecule has 0 spiro atoms. The molecule has 4 N–H and O–H groups in total. The van der Waals surface area contributed by atoms with Crippen LogP contribution in [0.25, 0.3) is 0 Å². The summed E-state index contributed by atoms with van der Waals surface area (Å²) in [7, 11) is 1.39. The number of imide groups is 1. The lowest BCUT2D eigenvalue weighted by Gasteiger charge is -2.11. The number of amides is 3. The normalized spacial score (nSPS) is 11.6. The second-order valence-corrected chi connectivity index (χ2v) is 2.89. The molecular formula is C8H15N3O4. The first-order valence-electron chi connectivity index (χ1n) is 4.45. The number of hydrogen-bond acceptors (Lipinski definition) is 4. The highest BCUT2D eigenvalue weighted by atomic mass is 16.4. The Bertz CT molecular complexity index is 254. The molecular weight excluding hydrogens is 202 g/mol. The molecule has 0 saturated heterocycles.